The average Bonchev–Trinajstić information content (AvgIpc) is 3.54. The third kappa shape index (κ3) is 4.73. The van der Waals surface area contributed by atoms with Crippen molar-refractivity contribution in [2.45, 2.75) is 30.2 Å². The minimum atomic E-state index is -4.53. The molecule has 5 rings (SSSR count). The number of halogens is 5. The predicted octanol–water partition coefficient (Wildman–Crippen LogP) is 6.79. The molecule has 0 aliphatic heterocycles. The smallest absolute Gasteiger partial charge is 0.206 e. The van der Waals surface area contributed by atoms with E-state index >= 15 is 8.78 Å². The molecule has 0 aromatic heterocycles. The number of hydrogen-bond donors (Lipinski definition) is 0. The van der Waals surface area contributed by atoms with Crippen LogP contribution in [0.1, 0.15) is 27.8 Å². The first-order valence-electron chi connectivity index (χ1n) is 12.3. The summed E-state index contributed by atoms with van der Waals surface area (Å²) in [6, 6.07) is 15.4. The largest absolute Gasteiger partial charge is 0.523 e. The monoisotopic (exact) mass is 582 g/mol. The molecule has 0 bridgehead atoms. The van der Waals surface area contributed by atoms with E-state index in [0.717, 1.165) is 5.56 Å². The number of aryl methyl sites for hydroxylation is 1. The number of thioether (sulfide) groups is 1. The van der Waals surface area contributed by atoms with Crippen LogP contribution in [0.25, 0.3) is 20.8 Å². The molecular weight excluding hydrogens is 567 g/mol. The molecule has 0 radical (unpaired) electrons. The van der Waals surface area contributed by atoms with Crippen molar-refractivity contribution in [2.75, 3.05) is 0 Å². The topological polar surface area (TPSA) is 56.3 Å². The third-order valence-electron chi connectivity index (χ3n) is 7.11. The van der Waals surface area contributed by atoms with Crippen LogP contribution in [0.2, 0.25) is 0 Å². The van der Waals surface area contributed by atoms with Crippen LogP contribution in [0.5, 0.6) is 0 Å². The van der Waals surface area contributed by atoms with Crippen LogP contribution in [0.3, 0.4) is 0 Å². The van der Waals surface area contributed by atoms with E-state index in [2.05, 4.69) is 9.69 Å². The standard InChI is InChI=1S/C32H15F5N4S/c1-16-4-6-17(7-5-16)26-24(31(40-2)41-3)13-23-28(26)29(33)22-12-21(19(14-38)15-39)25(27(22)30(23)34)18-8-10-20(11-9-18)42-32(35,36)37/h4-11H,12-13H2,1H3. The van der Waals surface area contributed by atoms with Gasteiger partial charge in [-0.05, 0) is 58.7 Å². The minimum absolute atomic E-state index is 0.0377. The first kappa shape index (κ1) is 28.4. The lowest BCUT2D eigenvalue weighted by molar-refractivity contribution is -0.0328. The van der Waals surface area contributed by atoms with Gasteiger partial charge in [-0.2, -0.15) is 33.4 Å². The van der Waals surface area contributed by atoms with Crippen molar-refractivity contribution in [1.82, 2.24) is 0 Å². The summed E-state index contributed by atoms with van der Waals surface area (Å²) in [7, 11) is 0. The molecule has 0 unspecified atom stereocenters. The Balaban J connectivity index is 1.90. The lowest BCUT2D eigenvalue weighted by atomic mass is 9.95. The molecule has 2 aliphatic rings. The molecule has 3 aromatic rings. The van der Waals surface area contributed by atoms with Gasteiger partial charge in [-0.1, -0.05) is 42.0 Å². The van der Waals surface area contributed by atoms with E-state index in [9.17, 15) is 23.7 Å². The lowest BCUT2D eigenvalue weighted by Crippen LogP contribution is -2.27. The second kappa shape index (κ2) is 10.7. The van der Waals surface area contributed by atoms with Crippen molar-refractivity contribution < 1.29 is 22.0 Å². The number of benzene rings is 3. The van der Waals surface area contributed by atoms with E-state index in [1.807, 2.05) is 6.92 Å². The van der Waals surface area contributed by atoms with Gasteiger partial charge in [-0.3, -0.25) is 0 Å². The number of allylic oxidation sites excluding steroid dienone is 3. The average molecular weight is 583 g/mol. The molecule has 0 fully saturated rings. The summed E-state index contributed by atoms with van der Waals surface area (Å²) in [5.74, 6) is -1.97. The summed E-state index contributed by atoms with van der Waals surface area (Å²) < 4.78 is 71.9. The number of nitrogens with zero attached hydrogens (tertiary/aromatic N) is 4. The van der Waals surface area contributed by atoms with Crippen LogP contribution in [-0.2, 0) is 12.8 Å². The molecule has 0 spiro atoms. The van der Waals surface area contributed by atoms with Crippen LogP contribution in [0.15, 0.2) is 76.0 Å². The Morgan fingerprint density at radius 2 is 1.24 bits per heavy atom. The molecule has 0 saturated heterocycles. The van der Waals surface area contributed by atoms with E-state index in [-0.39, 0.29) is 90.3 Å². The maximum absolute atomic E-state index is 16.6. The Hall–Kier alpha value is -5.16. The highest BCUT2D eigenvalue weighted by Gasteiger charge is 2.36. The second-order valence-corrected chi connectivity index (χ2v) is 10.6. The molecule has 2 aliphatic carbocycles. The Morgan fingerprint density at radius 1 is 0.786 bits per heavy atom. The van der Waals surface area contributed by atoms with Gasteiger partial charge in [0.15, 0.2) is 0 Å². The SMILES string of the molecule is [C-]#[N+]C([N+]#[C-])=C1Cc2c(F)c3c(c(F)c2=C1c1ccc(C)cc1)CC(=C(C#N)C#N)C=3c1ccc(SC(F)(F)F)cc1. The van der Waals surface area contributed by atoms with E-state index in [4.69, 9.17) is 13.1 Å². The third-order valence-corrected chi connectivity index (χ3v) is 7.85. The normalized spacial score (nSPS) is 13.6. The van der Waals surface area contributed by atoms with Gasteiger partial charge < -0.3 is 0 Å². The fourth-order valence-corrected chi connectivity index (χ4v) is 5.92. The van der Waals surface area contributed by atoms with Gasteiger partial charge in [0, 0.05) is 39.3 Å². The van der Waals surface area contributed by atoms with E-state index < -0.39 is 17.1 Å². The maximum Gasteiger partial charge on any atom is 0.523 e. The molecule has 4 nitrogen and oxygen atoms in total. The quantitative estimate of drug-likeness (QED) is 0.148. The zero-order valence-corrected chi connectivity index (χ0v) is 22.4. The Kier molecular flexibility index (Phi) is 7.21. The molecule has 42 heavy (non-hydrogen) atoms. The van der Waals surface area contributed by atoms with Gasteiger partial charge in [0.05, 0.1) is 5.57 Å². The fourth-order valence-electron chi connectivity index (χ4n) is 5.38. The van der Waals surface area contributed by atoms with Crippen molar-refractivity contribution >= 4 is 22.9 Å². The lowest BCUT2D eigenvalue weighted by Gasteiger charge is -2.10. The molecule has 0 heterocycles. The summed E-state index contributed by atoms with van der Waals surface area (Å²) in [5, 5.41) is 19.0. The zero-order chi connectivity index (χ0) is 30.3. The second-order valence-electron chi connectivity index (χ2n) is 9.48. The van der Waals surface area contributed by atoms with E-state index in [1.54, 1.807) is 36.4 Å². The van der Waals surface area contributed by atoms with Gasteiger partial charge in [0.25, 0.3) is 0 Å². The van der Waals surface area contributed by atoms with Crippen LogP contribution in [0.4, 0.5) is 22.0 Å². The molecule has 0 N–H and O–H groups in total. The van der Waals surface area contributed by atoms with Gasteiger partial charge in [0.2, 0.25) is 0 Å². The Labute approximate surface area is 241 Å². The highest BCUT2D eigenvalue weighted by atomic mass is 32.2. The summed E-state index contributed by atoms with van der Waals surface area (Å²) in [6.07, 6.45) is -0.555. The fraction of sp³-hybridized carbons (Fsp3) is 0.125. The highest BCUT2D eigenvalue weighted by Crippen LogP contribution is 2.39. The molecule has 0 saturated carbocycles. The molecular formula is C32H15F5N4S. The number of nitriles is 2. The van der Waals surface area contributed by atoms with Crippen molar-refractivity contribution in [3.8, 4) is 12.1 Å². The van der Waals surface area contributed by atoms with Gasteiger partial charge in [-0.15, -0.1) is 0 Å². The molecule has 10 heteroatoms. The van der Waals surface area contributed by atoms with Gasteiger partial charge >= 0.3 is 11.3 Å². The Bertz CT molecular complexity index is 2010. The van der Waals surface area contributed by atoms with Crippen molar-refractivity contribution in [1.29, 1.82) is 10.5 Å². The molecule has 204 valence electrons. The van der Waals surface area contributed by atoms with Crippen LogP contribution in [-0.4, -0.2) is 5.51 Å². The summed E-state index contributed by atoms with van der Waals surface area (Å²) >= 11 is -0.335. The summed E-state index contributed by atoms with van der Waals surface area (Å²) in [5.41, 5.74) is -3.00. The number of fused-ring (bicyclic) bond motifs is 2. The van der Waals surface area contributed by atoms with Crippen LogP contribution < -0.4 is 10.4 Å². The number of hydrogen-bond acceptors (Lipinski definition) is 3. The summed E-state index contributed by atoms with van der Waals surface area (Å²) in [4.78, 5) is 6.47. The Morgan fingerprint density at radius 3 is 1.69 bits per heavy atom. The highest BCUT2D eigenvalue weighted by molar-refractivity contribution is 8.00. The van der Waals surface area contributed by atoms with Crippen LogP contribution in [0, 0.1) is 54.4 Å². The number of alkyl halides is 3. The van der Waals surface area contributed by atoms with Gasteiger partial charge in [-0.25, -0.2) is 8.78 Å². The predicted molar refractivity (Wildman–Crippen MR) is 146 cm³/mol. The van der Waals surface area contributed by atoms with Crippen molar-refractivity contribution in [2.24, 2.45) is 0 Å². The molecule has 3 aromatic carbocycles. The molecule has 0 atom stereocenters. The van der Waals surface area contributed by atoms with Crippen LogP contribution >= 0.6 is 11.8 Å². The minimum Gasteiger partial charge on any atom is -0.206 e. The first-order chi connectivity index (χ1) is 20.0. The number of rotatable bonds is 3. The first-order valence-corrected chi connectivity index (χ1v) is 13.1. The zero-order valence-electron chi connectivity index (χ0n) is 21.6. The van der Waals surface area contributed by atoms with Crippen molar-refractivity contribution in [3.05, 3.63) is 144 Å². The summed E-state index contributed by atoms with van der Waals surface area (Å²) in [6.45, 7) is 16.9. The maximum atomic E-state index is 16.6. The van der Waals surface area contributed by atoms with E-state index in [0.29, 0.717) is 5.56 Å². The molecule has 0 amide bonds. The van der Waals surface area contributed by atoms with E-state index in [1.165, 1.54) is 24.3 Å². The van der Waals surface area contributed by atoms with Crippen molar-refractivity contribution in [3.63, 3.8) is 0 Å². The van der Waals surface area contributed by atoms with Gasteiger partial charge in [0.1, 0.15) is 42.5 Å².